The molecule has 0 unspecified atom stereocenters. The molecule has 8 heteroatoms. The van der Waals surface area contributed by atoms with Crippen LogP contribution in [-0.2, 0) is 16.0 Å². The molecule has 3 aromatic carbocycles. The third kappa shape index (κ3) is 7.31. The first kappa shape index (κ1) is 23.1. The highest BCUT2D eigenvalue weighted by Gasteiger charge is 2.07. The van der Waals surface area contributed by atoms with Crippen molar-refractivity contribution < 1.29 is 18.7 Å². The molecule has 0 saturated carbocycles. The van der Waals surface area contributed by atoms with Crippen molar-refractivity contribution in [2.75, 3.05) is 11.9 Å². The van der Waals surface area contributed by atoms with Gasteiger partial charge < -0.3 is 10.1 Å². The Labute approximate surface area is 193 Å². The van der Waals surface area contributed by atoms with Crippen LogP contribution in [0, 0.1) is 12.7 Å². The predicted octanol–water partition coefficient (Wildman–Crippen LogP) is 4.61. The zero-order chi connectivity index (χ0) is 22.9. The Hall–Kier alpha value is -3.52. The van der Waals surface area contributed by atoms with Crippen molar-refractivity contribution in [3.05, 3.63) is 93.7 Å². The minimum Gasteiger partial charge on any atom is -0.483 e. The molecule has 6 nitrogen and oxygen atoms in total. The van der Waals surface area contributed by atoms with E-state index in [2.05, 4.69) is 31.8 Å². The van der Waals surface area contributed by atoms with Gasteiger partial charge in [-0.15, -0.1) is 0 Å². The van der Waals surface area contributed by atoms with Gasteiger partial charge in [0, 0.05) is 5.69 Å². The van der Waals surface area contributed by atoms with Crippen LogP contribution in [0.25, 0.3) is 0 Å². The van der Waals surface area contributed by atoms with E-state index in [1.165, 1.54) is 18.3 Å². The number of aryl methyl sites for hydroxylation is 1. The van der Waals surface area contributed by atoms with E-state index in [0.29, 0.717) is 21.5 Å². The summed E-state index contributed by atoms with van der Waals surface area (Å²) in [5.41, 5.74) is 5.66. The molecule has 2 N–H and O–H groups in total. The van der Waals surface area contributed by atoms with Crippen molar-refractivity contribution in [1.82, 2.24) is 5.43 Å². The lowest BCUT2D eigenvalue weighted by atomic mass is 10.1. The van der Waals surface area contributed by atoms with Crippen molar-refractivity contribution in [3.63, 3.8) is 0 Å². The van der Waals surface area contributed by atoms with Crippen molar-refractivity contribution in [2.24, 2.45) is 5.10 Å². The molecule has 32 heavy (non-hydrogen) atoms. The highest BCUT2D eigenvalue weighted by molar-refractivity contribution is 9.10. The Kier molecular flexibility index (Phi) is 8.10. The molecule has 0 aliphatic rings. The number of benzene rings is 3. The van der Waals surface area contributed by atoms with Crippen LogP contribution < -0.4 is 15.5 Å². The summed E-state index contributed by atoms with van der Waals surface area (Å²) >= 11 is 3.41. The van der Waals surface area contributed by atoms with E-state index in [0.717, 1.165) is 11.1 Å². The molecule has 0 heterocycles. The molecule has 2 amide bonds. The number of hydrogen-bond donors (Lipinski definition) is 2. The number of amides is 2. The first-order valence-corrected chi connectivity index (χ1v) is 10.5. The average molecular weight is 498 g/mol. The molecule has 0 saturated heterocycles. The van der Waals surface area contributed by atoms with Crippen molar-refractivity contribution >= 4 is 39.6 Å². The fraction of sp³-hybridized carbons (Fsp3) is 0.125. The van der Waals surface area contributed by atoms with E-state index in [4.69, 9.17) is 4.74 Å². The number of hydrazone groups is 1. The lowest BCUT2D eigenvalue weighted by Crippen LogP contribution is -2.20. The van der Waals surface area contributed by atoms with Gasteiger partial charge in [0.2, 0.25) is 5.91 Å². The van der Waals surface area contributed by atoms with E-state index in [1.54, 1.807) is 30.3 Å². The van der Waals surface area contributed by atoms with Gasteiger partial charge in [-0.3, -0.25) is 9.59 Å². The molecule has 3 rings (SSSR count). The van der Waals surface area contributed by atoms with E-state index >= 15 is 0 Å². The van der Waals surface area contributed by atoms with Gasteiger partial charge in [-0.2, -0.15) is 5.10 Å². The van der Waals surface area contributed by atoms with Gasteiger partial charge in [-0.1, -0.05) is 29.8 Å². The Balaban J connectivity index is 1.47. The van der Waals surface area contributed by atoms with Crippen molar-refractivity contribution in [2.45, 2.75) is 13.3 Å². The van der Waals surface area contributed by atoms with Crippen LogP contribution in [0.2, 0.25) is 0 Å². The van der Waals surface area contributed by atoms with Crippen LogP contribution in [0.1, 0.15) is 16.7 Å². The van der Waals surface area contributed by atoms with Gasteiger partial charge >= 0.3 is 0 Å². The Morgan fingerprint density at radius 1 is 1.03 bits per heavy atom. The molecule has 0 aromatic heterocycles. The van der Waals surface area contributed by atoms with Crippen LogP contribution in [0.3, 0.4) is 0 Å². The van der Waals surface area contributed by atoms with Crippen LogP contribution >= 0.6 is 15.9 Å². The SMILES string of the molecule is Cc1ccc(NC(=O)COc2ccc(/C=N/NC(=O)Cc3ccc(F)cc3)cc2Br)cc1. The maximum absolute atomic E-state index is 12.9. The third-order valence-electron chi connectivity index (χ3n) is 4.33. The third-order valence-corrected chi connectivity index (χ3v) is 4.95. The largest absolute Gasteiger partial charge is 0.483 e. The van der Waals surface area contributed by atoms with Gasteiger partial charge in [0.1, 0.15) is 11.6 Å². The smallest absolute Gasteiger partial charge is 0.262 e. The Morgan fingerprint density at radius 2 is 1.75 bits per heavy atom. The topological polar surface area (TPSA) is 79.8 Å². The molecule has 164 valence electrons. The van der Waals surface area contributed by atoms with Gasteiger partial charge in [0.05, 0.1) is 17.1 Å². The summed E-state index contributed by atoms with van der Waals surface area (Å²) in [7, 11) is 0. The molecule has 3 aromatic rings. The highest BCUT2D eigenvalue weighted by atomic mass is 79.9. The number of ether oxygens (including phenoxy) is 1. The maximum atomic E-state index is 12.9. The summed E-state index contributed by atoms with van der Waals surface area (Å²) in [5, 5.41) is 6.70. The van der Waals surface area contributed by atoms with E-state index in [-0.39, 0.29) is 30.7 Å². The van der Waals surface area contributed by atoms with Crippen LogP contribution in [0.15, 0.2) is 76.3 Å². The summed E-state index contributed by atoms with van der Waals surface area (Å²) in [4.78, 5) is 24.0. The van der Waals surface area contributed by atoms with Crippen molar-refractivity contribution in [3.8, 4) is 5.75 Å². The van der Waals surface area contributed by atoms with Crippen LogP contribution in [0.4, 0.5) is 10.1 Å². The van der Waals surface area contributed by atoms with Gasteiger partial charge in [0.25, 0.3) is 5.91 Å². The van der Waals surface area contributed by atoms with Gasteiger partial charge in [-0.05, 0) is 76.4 Å². The molecule has 0 fully saturated rings. The molecule has 0 atom stereocenters. The number of carbonyl (C=O) groups excluding carboxylic acids is 2. The number of anilines is 1. The zero-order valence-corrected chi connectivity index (χ0v) is 18.9. The fourth-order valence-electron chi connectivity index (χ4n) is 2.70. The van der Waals surface area contributed by atoms with Gasteiger partial charge in [0.15, 0.2) is 6.61 Å². The van der Waals surface area contributed by atoms with E-state index in [9.17, 15) is 14.0 Å². The number of hydrogen-bond acceptors (Lipinski definition) is 4. The first-order valence-electron chi connectivity index (χ1n) is 9.74. The lowest BCUT2D eigenvalue weighted by Gasteiger charge is -2.09. The summed E-state index contributed by atoms with van der Waals surface area (Å²) < 4.78 is 19.1. The molecule has 0 spiro atoms. The maximum Gasteiger partial charge on any atom is 0.262 e. The second kappa shape index (κ2) is 11.2. The van der Waals surface area contributed by atoms with E-state index in [1.807, 2.05) is 31.2 Å². The molecule has 0 radical (unpaired) electrons. The number of halogens is 2. The molecule has 0 aliphatic heterocycles. The average Bonchev–Trinajstić information content (AvgIpc) is 2.76. The van der Waals surface area contributed by atoms with Crippen molar-refractivity contribution in [1.29, 1.82) is 0 Å². The minimum atomic E-state index is -0.350. The van der Waals surface area contributed by atoms with E-state index < -0.39 is 0 Å². The number of rotatable bonds is 8. The standard InChI is InChI=1S/C24H21BrFN3O3/c1-16-2-9-20(10-3-16)28-24(31)15-32-22-11-6-18(12-21(22)25)14-27-29-23(30)13-17-4-7-19(26)8-5-17/h2-12,14H,13,15H2,1H3,(H,28,31)(H,29,30)/b27-14+. The minimum absolute atomic E-state index is 0.0960. The number of nitrogens with one attached hydrogen (secondary N) is 2. The summed E-state index contributed by atoms with van der Waals surface area (Å²) in [5.74, 6) is -0.430. The van der Waals surface area contributed by atoms with Crippen LogP contribution in [-0.4, -0.2) is 24.6 Å². The molecule has 0 aliphatic carbocycles. The fourth-order valence-corrected chi connectivity index (χ4v) is 3.21. The first-order chi connectivity index (χ1) is 15.4. The summed E-state index contributed by atoms with van der Waals surface area (Å²) in [6.45, 7) is 1.84. The quantitative estimate of drug-likeness (QED) is 0.352. The summed E-state index contributed by atoms with van der Waals surface area (Å²) in [6.07, 6.45) is 1.58. The van der Waals surface area contributed by atoms with Crippen LogP contribution in [0.5, 0.6) is 5.75 Å². The highest BCUT2D eigenvalue weighted by Crippen LogP contribution is 2.25. The normalized spacial score (nSPS) is 10.7. The lowest BCUT2D eigenvalue weighted by molar-refractivity contribution is -0.120. The Morgan fingerprint density at radius 3 is 2.44 bits per heavy atom. The molecule has 0 bridgehead atoms. The number of nitrogens with zero attached hydrogens (tertiary/aromatic N) is 1. The second-order valence-corrected chi connectivity index (χ2v) is 7.84. The number of carbonyl (C=O) groups is 2. The van der Waals surface area contributed by atoms with Gasteiger partial charge in [-0.25, -0.2) is 9.82 Å². The molecular formula is C24H21BrFN3O3. The Bertz CT molecular complexity index is 1120. The molecular weight excluding hydrogens is 477 g/mol. The summed E-state index contributed by atoms with van der Waals surface area (Å²) in [6, 6.07) is 18.4. The zero-order valence-electron chi connectivity index (χ0n) is 17.3. The monoisotopic (exact) mass is 497 g/mol. The second-order valence-electron chi connectivity index (χ2n) is 6.99. The predicted molar refractivity (Wildman–Crippen MR) is 125 cm³/mol.